The highest BCUT2D eigenvalue weighted by Crippen LogP contribution is 2.24. The first-order chi connectivity index (χ1) is 14.0. The number of anilines is 2. The number of carbonyl (C=O) groups excluding carboxylic acids is 1. The molecule has 0 bridgehead atoms. The number of hydrogen-bond acceptors (Lipinski definition) is 7. The first-order valence-corrected chi connectivity index (χ1v) is 9.91. The Balaban J connectivity index is 1.46. The lowest BCUT2D eigenvalue weighted by molar-refractivity contribution is -0.385. The van der Waals surface area contributed by atoms with Crippen LogP contribution in [0.4, 0.5) is 17.5 Å². The van der Waals surface area contributed by atoms with E-state index in [1.807, 2.05) is 13.0 Å². The summed E-state index contributed by atoms with van der Waals surface area (Å²) in [5.41, 5.74) is 0.904. The lowest BCUT2D eigenvalue weighted by Crippen LogP contribution is -2.49. The molecule has 29 heavy (non-hydrogen) atoms. The van der Waals surface area contributed by atoms with Gasteiger partial charge in [-0.1, -0.05) is 12.1 Å². The van der Waals surface area contributed by atoms with E-state index in [1.165, 1.54) is 25.0 Å². The fourth-order valence-corrected chi connectivity index (χ4v) is 3.88. The summed E-state index contributed by atoms with van der Waals surface area (Å²) < 4.78 is 0. The average molecular weight is 396 g/mol. The van der Waals surface area contributed by atoms with Crippen molar-refractivity contribution in [1.82, 2.24) is 14.9 Å². The summed E-state index contributed by atoms with van der Waals surface area (Å²) in [6.07, 6.45) is 2.37. The van der Waals surface area contributed by atoms with Gasteiger partial charge in [0, 0.05) is 57.1 Å². The highest BCUT2D eigenvalue weighted by Gasteiger charge is 2.28. The number of para-hydroxylation sites is 1. The molecule has 3 heterocycles. The van der Waals surface area contributed by atoms with Gasteiger partial charge in [-0.3, -0.25) is 14.9 Å². The number of amides is 1. The van der Waals surface area contributed by atoms with E-state index in [0.29, 0.717) is 32.1 Å². The Kier molecular flexibility index (Phi) is 5.28. The van der Waals surface area contributed by atoms with E-state index in [1.54, 1.807) is 17.0 Å². The summed E-state index contributed by atoms with van der Waals surface area (Å²) in [5, 5.41) is 11.2. The standard InChI is InChI=1S/C20H24N6O3/c1-15-14-18(23-8-4-5-9-23)22-20(21-15)25-12-10-24(11-13-25)19(27)16-6-2-3-7-17(16)26(28)29/h2-3,6-7,14H,4-5,8-13H2,1H3. The number of piperazine rings is 1. The van der Waals surface area contributed by atoms with Gasteiger partial charge in [-0.05, 0) is 25.8 Å². The van der Waals surface area contributed by atoms with Crippen LogP contribution in [-0.4, -0.2) is 65.0 Å². The second-order valence-electron chi connectivity index (χ2n) is 7.42. The van der Waals surface area contributed by atoms with Crippen LogP contribution >= 0.6 is 0 Å². The van der Waals surface area contributed by atoms with Crippen molar-refractivity contribution in [3.63, 3.8) is 0 Å². The predicted octanol–water partition coefficient (Wildman–Crippen LogP) is 2.26. The van der Waals surface area contributed by atoms with Gasteiger partial charge in [0.25, 0.3) is 11.6 Å². The largest absolute Gasteiger partial charge is 0.356 e. The molecule has 0 N–H and O–H groups in total. The first kappa shape index (κ1) is 19.1. The Labute approximate surface area is 169 Å². The van der Waals surface area contributed by atoms with Crippen molar-refractivity contribution < 1.29 is 9.72 Å². The zero-order chi connectivity index (χ0) is 20.4. The van der Waals surface area contributed by atoms with Crippen LogP contribution in [0, 0.1) is 17.0 Å². The molecule has 2 saturated heterocycles. The SMILES string of the molecule is Cc1cc(N2CCCC2)nc(N2CCN(C(=O)c3ccccc3[N+](=O)[O-])CC2)n1. The molecule has 1 aromatic carbocycles. The van der Waals surface area contributed by atoms with Crippen LogP contribution in [0.2, 0.25) is 0 Å². The van der Waals surface area contributed by atoms with Gasteiger partial charge in [0.15, 0.2) is 0 Å². The van der Waals surface area contributed by atoms with Gasteiger partial charge in [-0.2, -0.15) is 4.98 Å². The van der Waals surface area contributed by atoms with Crippen LogP contribution in [0.15, 0.2) is 30.3 Å². The molecule has 0 unspecified atom stereocenters. The maximum atomic E-state index is 12.8. The Morgan fingerprint density at radius 1 is 1.00 bits per heavy atom. The van der Waals surface area contributed by atoms with Crippen molar-refractivity contribution >= 4 is 23.4 Å². The number of hydrogen-bond donors (Lipinski definition) is 0. The van der Waals surface area contributed by atoms with Gasteiger partial charge in [0.1, 0.15) is 11.4 Å². The van der Waals surface area contributed by atoms with E-state index < -0.39 is 4.92 Å². The number of aromatic nitrogens is 2. The van der Waals surface area contributed by atoms with E-state index in [2.05, 4.69) is 14.8 Å². The molecule has 2 aromatic rings. The molecule has 0 radical (unpaired) electrons. The van der Waals surface area contributed by atoms with Crippen LogP contribution in [0.1, 0.15) is 28.9 Å². The number of carbonyl (C=O) groups is 1. The van der Waals surface area contributed by atoms with Gasteiger partial charge in [0.2, 0.25) is 5.95 Å². The van der Waals surface area contributed by atoms with E-state index in [4.69, 9.17) is 4.98 Å². The van der Waals surface area contributed by atoms with Crippen LogP contribution in [0.5, 0.6) is 0 Å². The topological polar surface area (TPSA) is 95.7 Å². The molecule has 1 aromatic heterocycles. The van der Waals surface area contributed by atoms with Crippen molar-refractivity contribution in [3.8, 4) is 0 Å². The zero-order valence-corrected chi connectivity index (χ0v) is 16.5. The summed E-state index contributed by atoms with van der Waals surface area (Å²) in [6, 6.07) is 8.11. The smallest absolute Gasteiger partial charge is 0.282 e. The molecule has 0 atom stereocenters. The molecule has 1 amide bonds. The number of nitrogens with zero attached hydrogens (tertiary/aromatic N) is 6. The molecule has 2 aliphatic heterocycles. The summed E-state index contributed by atoms with van der Waals surface area (Å²) in [7, 11) is 0. The summed E-state index contributed by atoms with van der Waals surface area (Å²) in [4.78, 5) is 38.9. The summed E-state index contributed by atoms with van der Waals surface area (Å²) >= 11 is 0. The molecule has 2 aliphatic rings. The molecule has 0 saturated carbocycles. The van der Waals surface area contributed by atoms with Crippen LogP contribution in [-0.2, 0) is 0 Å². The number of nitro benzene ring substituents is 1. The highest BCUT2D eigenvalue weighted by atomic mass is 16.6. The van der Waals surface area contributed by atoms with Crippen molar-refractivity contribution in [3.05, 3.63) is 51.7 Å². The Morgan fingerprint density at radius 2 is 1.69 bits per heavy atom. The quantitative estimate of drug-likeness (QED) is 0.578. The van der Waals surface area contributed by atoms with Crippen molar-refractivity contribution in [2.75, 3.05) is 49.1 Å². The second-order valence-corrected chi connectivity index (χ2v) is 7.42. The molecule has 0 aliphatic carbocycles. The lowest BCUT2D eigenvalue weighted by Gasteiger charge is -2.35. The summed E-state index contributed by atoms with van der Waals surface area (Å²) in [6.45, 7) is 6.15. The zero-order valence-electron chi connectivity index (χ0n) is 16.5. The number of aryl methyl sites for hydroxylation is 1. The first-order valence-electron chi connectivity index (χ1n) is 9.91. The van der Waals surface area contributed by atoms with Gasteiger partial charge < -0.3 is 14.7 Å². The highest BCUT2D eigenvalue weighted by molar-refractivity contribution is 5.98. The normalized spacial score (nSPS) is 16.9. The Bertz CT molecular complexity index is 920. The monoisotopic (exact) mass is 396 g/mol. The van der Waals surface area contributed by atoms with E-state index in [0.717, 1.165) is 24.6 Å². The molecule has 152 valence electrons. The molecule has 9 nitrogen and oxygen atoms in total. The fraction of sp³-hybridized carbons (Fsp3) is 0.450. The van der Waals surface area contributed by atoms with E-state index in [-0.39, 0.29) is 17.2 Å². The molecule has 2 fully saturated rings. The average Bonchev–Trinajstić information content (AvgIpc) is 3.28. The Hall–Kier alpha value is -3.23. The van der Waals surface area contributed by atoms with Crippen LogP contribution < -0.4 is 9.80 Å². The third-order valence-electron chi connectivity index (χ3n) is 5.44. The minimum absolute atomic E-state index is 0.133. The van der Waals surface area contributed by atoms with Gasteiger partial charge in [-0.15, -0.1) is 0 Å². The summed E-state index contributed by atoms with van der Waals surface area (Å²) in [5.74, 6) is 1.34. The third kappa shape index (κ3) is 3.98. The second kappa shape index (κ2) is 8.02. The van der Waals surface area contributed by atoms with Gasteiger partial charge in [0.05, 0.1) is 4.92 Å². The van der Waals surface area contributed by atoms with E-state index in [9.17, 15) is 14.9 Å². The fourth-order valence-electron chi connectivity index (χ4n) is 3.88. The number of rotatable bonds is 4. The minimum atomic E-state index is -0.510. The molecule has 0 spiro atoms. The van der Waals surface area contributed by atoms with Crippen molar-refractivity contribution in [2.45, 2.75) is 19.8 Å². The molecular weight excluding hydrogens is 372 g/mol. The van der Waals surface area contributed by atoms with Gasteiger partial charge in [-0.25, -0.2) is 4.98 Å². The van der Waals surface area contributed by atoms with Crippen LogP contribution in [0.25, 0.3) is 0 Å². The molecular formula is C20H24N6O3. The lowest BCUT2D eigenvalue weighted by atomic mass is 10.1. The minimum Gasteiger partial charge on any atom is -0.356 e. The van der Waals surface area contributed by atoms with Crippen molar-refractivity contribution in [2.24, 2.45) is 0 Å². The van der Waals surface area contributed by atoms with Gasteiger partial charge >= 0.3 is 0 Å². The third-order valence-corrected chi connectivity index (χ3v) is 5.44. The number of benzene rings is 1. The maximum absolute atomic E-state index is 12.8. The van der Waals surface area contributed by atoms with Crippen molar-refractivity contribution in [1.29, 1.82) is 0 Å². The maximum Gasteiger partial charge on any atom is 0.282 e. The van der Waals surface area contributed by atoms with Crippen LogP contribution in [0.3, 0.4) is 0 Å². The molecule has 9 heteroatoms. The predicted molar refractivity (Wildman–Crippen MR) is 109 cm³/mol. The van der Waals surface area contributed by atoms with E-state index >= 15 is 0 Å². The Morgan fingerprint density at radius 3 is 2.38 bits per heavy atom. The molecule has 4 rings (SSSR count). The number of nitro groups is 1.